The monoisotopic (exact) mass is 210 g/mol. The van der Waals surface area contributed by atoms with Crippen molar-refractivity contribution in [3.05, 3.63) is 46.3 Å². The molecule has 1 rings (SSSR count). The molecule has 0 saturated heterocycles. The van der Waals surface area contributed by atoms with Gasteiger partial charge in [-0.1, -0.05) is 6.58 Å². The molecule has 0 bridgehead atoms. The quantitative estimate of drug-likeness (QED) is 0.611. The molecule has 2 N–H and O–H groups in total. The summed E-state index contributed by atoms with van der Waals surface area (Å²) in [5.74, 6) is -0.520. The van der Waals surface area contributed by atoms with Crippen molar-refractivity contribution < 1.29 is 9.31 Å². The maximum Gasteiger partial charge on any atom is 0.277 e. The lowest BCUT2D eigenvalue weighted by atomic mass is 10.0. The highest BCUT2D eigenvalue weighted by Gasteiger charge is 2.16. The molecule has 0 amide bonds. The minimum absolute atomic E-state index is 0.144. The topological polar surface area (TPSA) is 69.2 Å². The summed E-state index contributed by atoms with van der Waals surface area (Å²) in [6.07, 6.45) is 0.407. The van der Waals surface area contributed by atoms with Gasteiger partial charge in [0.05, 0.1) is 10.5 Å². The zero-order chi connectivity index (χ0) is 11.4. The number of rotatable bonds is 4. The highest BCUT2D eigenvalue weighted by atomic mass is 19.1. The number of benzene rings is 1. The van der Waals surface area contributed by atoms with E-state index in [1.54, 1.807) is 0 Å². The van der Waals surface area contributed by atoms with Gasteiger partial charge in [-0.15, -0.1) is 0 Å². The van der Waals surface area contributed by atoms with Gasteiger partial charge in [-0.2, -0.15) is 0 Å². The molecule has 0 saturated carbocycles. The Kier molecular flexibility index (Phi) is 3.51. The van der Waals surface area contributed by atoms with Crippen LogP contribution < -0.4 is 5.73 Å². The smallest absolute Gasteiger partial charge is 0.277 e. The van der Waals surface area contributed by atoms with Crippen LogP contribution in [0.3, 0.4) is 0 Å². The van der Waals surface area contributed by atoms with E-state index in [0.29, 0.717) is 18.5 Å². The van der Waals surface area contributed by atoms with Crippen molar-refractivity contribution in [1.82, 2.24) is 0 Å². The van der Waals surface area contributed by atoms with Crippen LogP contribution in [0, 0.1) is 15.9 Å². The van der Waals surface area contributed by atoms with E-state index in [1.165, 1.54) is 0 Å². The number of hydrogen-bond donors (Lipinski definition) is 1. The van der Waals surface area contributed by atoms with Gasteiger partial charge in [0.25, 0.3) is 5.69 Å². The number of nitro groups is 1. The molecular formula is C10H11FN2O2. The van der Waals surface area contributed by atoms with Gasteiger partial charge in [0.1, 0.15) is 5.82 Å². The maximum atomic E-state index is 12.9. The van der Waals surface area contributed by atoms with Crippen molar-refractivity contribution in [3.8, 4) is 0 Å². The van der Waals surface area contributed by atoms with Crippen LogP contribution in [-0.2, 0) is 0 Å². The van der Waals surface area contributed by atoms with E-state index in [0.717, 1.165) is 18.2 Å². The Balaban J connectivity index is 3.18. The summed E-state index contributed by atoms with van der Waals surface area (Å²) < 4.78 is 12.9. The SMILES string of the molecule is C=C(CCN)c1cc(F)ccc1[N+](=O)[O-]. The van der Waals surface area contributed by atoms with Crippen LogP contribution in [0.15, 0.2) is 24.8 Å². The predicted molar refractivity (Wildman–Crippen MR) is 55.8 cm³/mol. The Morgan fingerprint density at radius 3 is 2.80 bits per heavy atom. The first-order valence-electron chi connectivity index (χ1n) is 4.38. The molecule has 0 unspecified atom stereocenters. The highest BCUT2D eigenvalue weighted by Crippen LogP contribution is 2.27. The molecule has 0 heterocycles. The average Bonchev–Trinajstić information content (AvgIpc) is 2.17. The van der Waals surface area contributed by atoms with Gasteiger partial charge in [-0.3, -0.25) is 10.1 Å². The Labute approximate surface area is 86.4 Å². The lowest BCUT2D eigenvalue weighted by Gasteiger charge is -2.05. The maximum absolute atomic E-state index is 12.9. The van der Waals surface area contributed by atoms with Crippen LogP contribution in [0.25, 0.3) is 5.57 Å². The highest BCUT2D eigenvalue weighted by molar-refractivity contribution is 5.71. The summed E-state index contributed by atoms with van der Waals surface area (Å²) >= 11 is 0. The van der Waals surface area contributed by atoms with Crippen LogP contribution >= 0.6 is 0 Å². The second-order valence-corrected chi connectivity index (χ2v) is 3.06. The second kappa shape index (κ2) is 4.65. The molecule has 5 heteroatoms. The Morgan fingerprint density at radius 2 is 2.27 bits per heavy atom. The first-order valence-corrected chi connectivity index (χ1v) is 4.38. The van der Waals surface area contributed by atoms with E-state index in [2.05, 4.69) is 6.58 Å². The lowest BCUT2D eigenvalue weighted by molar-refractivity contribution is -0.385. The third kappa shape index (κ3) is 2.60. The summed E-state index contributed by atoms with van der Waals surface area (Å²) in [4.78, 5) is 10.1. The normalized spacial score (nSPS) is 10.0. The van der Waals surface area contributed by atoms with Crippen LogP contribution in [0.4, 0.5) is 10.1 Å². The number of nitrogens with two attached hydrogens (primary N) is 1. The fourth-order valence-electron chi connectivity index (χ4n) is 1.26. The summed E-state index contributed by atoms with van der Waals surface area (Å²) in [5.41, 5.74) is 5.85. The summed E-state index contributed by atoms with van der Waals surface area (Å²) in [7, 11) is 0. The van der Waals surface area contributed by atoms with E-state index >= 15 is 0 Å². The van der Waals surface area contributed by atoms with Crippen molar-refractivity contribution in [3.63, 3.8) is 0 Å². The van der Waals surface area contributed by atoms with Gasteiger partial charge in [-0.25, -0.2) is 4.39 Å². The molecular weight excluding hydrogens is 199 g/mol. The molecule has 0 atom stereocenters. The van der Waals surface area contributed by atoms with Crippen molar-refractivity contribution in [1.29, 1.82) is 0 Å². The molecule has 80 valence electrons. The molecule has 0 aliphatic heterocycles. The number of nitro benzene ring substituents is 1. The molecule has 0 fully saturated rings. The Morgan fingerprint density at radius 1 is 1.60 bits per heavy atom. The molecule has 0 aliphatic carbocycles. The third-order valence-electron chi connectivity index (χ3n) is 1.98. The molecule has 0 radical (unpaired) electrons. The van der Waals surface area contributed by atoms with Crippen molar-refractivity contribution in [2.75, 3.05) is 6.54 Å². The fourth-order valence-corrected chi connectivity index (χ4v) is 1.26. The first-order chi connectivity index (χ1) is 7.06. The number of nitrogens with zero attached hydrogens (tertiary/aromatic N) is 1. The van der Waals surface area contributed by atoms with Gasteiger partial charge in [0.15, 0.2) is 0 Å². The second-order valence-electron chi connectivity index (χ2n) is 3.06. The van der Waals surface area contributed by atoms with E-state index in [4.69, 9.17) is 5.73 Å². The van der Waals surface area contributed by atoms with Crippen molar-refractivity contribution >= 4 is 11.3 Å². The first kappa shape index (κ1) is 11.3. The molecule has 0 aromatic heterocycles. The molecule has 1 aromatic rings. The zero-order valence-corrected chi connectivity index (χ0v) is 8.07. The fraction of sp³-hybridized carbons (Fsp3) is 0.200. The van der Waals surface area contributed by atoms with Crippen molar-refractivity contribution in [2.45, 2.75) is 6.42 Å². The largest absolute Gasteiger partial charge is 0.330 e. The Bertz CT molecular complexity index is 404. The summed E-state index contributed by atoms with van der Waals surface area (Å²) in [6.45, 7) is 3.97. The van der Waals surface area contributed by atoms with E-state index in [9.17, 15) is 14.5 Å². The van der Waals surface area contributed by atoms with Gasteiger partial charge in [0, 0.05) is 6.07 Å². The molecule has 1 aromatic carbocycles. The van der Waals surface area contributed by atoms with Gasteiger partial charge in [0.2, 0.25) is 0 Å². The minimum atomic E-state index is -0.559. The predicted octanol–water partition coefficient (Wildman–Crippen LogP) is 2.10. The molecule has 0 spiro atoms. The molecule has 0 aliphatic rings. The van der Waals surface area contributed by atoms with Gasteiger partial charge >= 0.3 is 0 Å². The lowest BCUT2D eigenvalue weighted by Crippen LogP contribution is -2.01. The Hall–Kier alpha value is -1.75. The van der Waals surface area contributed by atoms with Crippen LogP contribution in [0.2, 0.25) is 0 Å². The third-order valence-corrected chi connectivity index (χ3v) is 1.98. The van der Waals surface area contributed by atoms with E-state index in [-0.39, 0.29) is 11.3 Å². The average molecular weight is 210 g/mol. The number of halogens is 1. The van der Waals surface area contributed by atoms with Gasteiger partial charge in [-0.05, 0) is 30.7 Å². The zero-order valence-electron chi connectivity index (χ0n) is 8.07. The van der Waals surface area contributed by atoms with E-state index in [1.807, 2.05) is 0 Å². The standard InChI is InChI=1S/C10H11FN2O2/c1-7(4-5-12)9-6-8(11)2-3-10(9)13(14)15/h2-3,6H,1,4-5,12H2. The molecule has 4 nitrogen and oxygen atoms in total. The van der Waals surface area contributed by atoms with Crippen LogP contribution in [0.1, 0.15) is 12.0 Å². The van der Waals surface area contributed by atoms with Crippen LogP contribution in [0.5, 0.6) is 0 Å². The van der Waals surface area contributed by atoms with Crippen molar-refractivity contribution in [2.24, 2.45) is 5.73 Å². The van der Waals surface area contributed by atoms with Gasteiger partial charge < -0.3 is 5.73 Å². The minimum Gasteiger partial charge on any atom is -0.330 e. The molecule has 15 heavy (non-hydrogen) atoms. The number of hydrogen-bond acceptors (Lipinski definition) is 3. The summed E-state index contributed by atoms with van der Waals surface area (Å²) in [6, 6.07) is 3.29. The van der Waals surface area contributed by atoms with E-state index < -0.39 is 10.7 Å². The van der Waals surface area contributed by atoms with Crippen LogP contribution in [-0.4, -0.2) is 11.5 Å². The summed E-state index contributed by atoms with van der Waals surface area (Å²) in [5, 5.41) is 10.7.